The second-order valence-corrected chi connectivity index (χ2v) is 6.60. The standard InChI is InChI=1S/C18H18ClN5O/c1-12-8-13(2)24(21-12)11-15-10-17(22-25-15)14-4-5-18(16(19)9-14)23-7-3-6-20-23/h3-9,15H,10-11H2,1-2H3/t15-/m1/s1. The summed E-state index contributed by atoms with van der Waals surface area (Å²) in [4.78, 5) is 5.60. The molecular formula is C18H18ClN5O. The van der Waals surface area contributed by atoms with Crippen LogP contribution in [0.15, 0.2) is 47.9 Å². The van der Waals surface area contributed by atoms with Crippen molar-refractivity contribution >= 4 is 17.3 Å². The zero-order chi connectivity index (χ0) is 17.4. The lowest BCUT2D eigenvalue weighted by molar-refractivity contribution is 0.0692. The van der Waals surface area contributed by atoms with Crippen LogP contribution >= 0.6 is 11.6 Å². The lowest BCUT2D eigenvalue weighted by Gasteiger charge is -2.10. The molecule has 0 amide bonds. The van der Waals surface area contributed by atoms with Crippen LogP contribution in [0.25, 0.3) is 5.69 Å². The van der Waals surface area contributed by atoms with Gasteiger partial charge in [0.15, 0.2) is 6.10 Å². The van der Waals surface area contributed by atoms with Crippen LogP contribution in [-0.4, -0.2) is 31.4 Å². The van der Waals surface area contributed by atoms with Crippen molar-refractivity contribution in [3.8, 4) is 5.69 Å². The average Bonchev–Trinajstić information content (AvgIpc) is 3.30. The molecule has 0 fully saturated rings. The first-order chi connectivity index (χ1) is 12.1. The molecule has 0 aliphatic carbocycles. The van der Waals surface area contributed by atoms with Crippen molar-refractivity contribution in [3.63, 3.8) is 0 Å². The molecule has 0 radical (unpaired) electrons. The number of oxime groups is 1. The molecule has 4 rings (SSSR count). The molecule has 6 nitrogen and oxygen atoms in total. The van der Waals surface area contributed by atoms with Crippen LogP contribution < -0.4 is 0 Å². The van der Waals surface area contributed by atoms with Crippen LogP contribution in [0.4, 0.5) is 0 Å². The molecule has 128 valence electrons. The molecule has 25 heavy (non-hydrogen) atoms. The van der Waals surface area contributed by atoms with Gasteiger partial charge in [0, 0.05) is 30.1 Å². The maximum Gasteiger partial charge on any atom is 0.152 e. The summed E-state index contributed by atoms with van der Waals surface area (Å²) in [6, 6.07) is 9.78. The fourth-order valence-corrected chi connectivity index (χ4v) is 3.30. The summed E-state index contributed by atoms with van der Waals surface area (Å²) < 4.78 is 3.71. The fraction of sp³-hybridized carbons (Fsp3) is 0.278. The van der Waals surface area contributed by atoms with Gasteiger partial charge < -0.3 is 4.84 Å². The van der Waals surface area contributed by atoms with Gasteiger partial charge in [0.2, 0.25) is 0 Å². The Labute approximate surface area is 150 Å². The molecule has 1 aliphatic rings. The Kier molecular flexibility index (Phi) is 4.05. The molecular weight excluding hydrogens is 338 g/mol. The number of aryl methyl sites for hydroxylation is 2. The van der Waals surface area contributed by atoms with Crippen LogP contribution in [0.1, 0.15) is 23.4 Å². The SMILES string of the molecule is Cc1cc(C)n(C[C@H]2CC(c3ccc(-n4cccn4)c(Cl)c3)=NO2)n1. The Hall–Kier alpha value is -2.60. The normalized spacial score (nSPS) is 16.8. The van der Waals surface area contributed by atoms with Crippen LogP contribution in [0.5, 0.6) is 0 Å². The third-order valence-electron chi connectivity index (χ3n) is 4.25. The summed E-state index contributed by atoms with van der Waals surface area (Å²) in [5.41, 5.74) is 4.85. The lowest BCUT2D eigenvalue weighted by Crippen LogP contribution is -2.18. The van der Waals surface area contributed by atoms with Gasteiger partial charge in [0.1, 0.15) is 0 Å². The van der Waals surface area contributed by atoms with Gasteiger partial charge in [0.25, 0.3) is 0 Å². The summed E-state index contributed by atoms with van der Waals surface area (Å²) in [6.07, 6.45) is 4.30. The van der Waals surface area contributed by atoms with Crippen LogP contribution in [0, 0.1) is 13.8 Å². The zero-order valence-corrected chi connectivity index (χ0v) is 14.8. The topological polar surface area (TPSA) is 57.2 Å². The molecule has 0 N–H and O–H groups in total. The van der Waals surface area contributed by atoms with E-state index in [0.29, 0.717) is 11.6 Å². The fourth-order valence-electron chi connectivity index (χ4n) is 3.03. The zero-order valence-electron chi connectivity index (χ0n) is 14.1. The highest BCUT2D eigenvalue weighted by Crippen LogP contribution is 2.25. The summed E-state index contributed by atoms with van der Waals surface area (Å²) in [7, 11) is 0. The van der Waals surface area contributed by atoms with E-state index in [1.165, 1.54) is 0 Å². The minimum atomic E-state index is -0.0161. The van der Waals surface area contributed by atoms with Gasteiger partial charge in [-0.2, -0.15) is 10.2 Å². The molecule has 0 unspecified atom stereocenters. The smallest absolute Gasteiger partial charge is 0.152 e. The Bertz CT molecular complexity index is 929. The number of hydrogen-bond donors (Lipinski definition) is 0. The highest BCUT2D eigenvalue weighted by atomic mass is 35.5. The van der Waals surface area contributed by atoms with Gasteiger partial charge >= 0.3 is 0 Å². The van der Waals surface area contributed by atoms with E-state index in [4.69, 9.17) is 16.4 Å². The Morgan fingerprint density at radius 2 is 2.16 bits per heavy atom. The van der Waals surface area contributed by atoms with Gasteiger partial charge in [-0.25, -0.2) is 4.68 Å². The van der Waals surface area contributed by atoms with Gasteiger partial charge in [-0.3, -0.25) is 4.68 Å². The molecule has 0 saturated carbocycles. The highest BCUT2D eigenvalue weighted by Gasteiger charge is 2.24. The molecule has 1 aliphatic heterocycles. The molecule has 0 spiro atoms. The van der Waals surface area contributed by atoms with Crippen molar-refractivity contribution in [3.05, 3.63) is 64.7 Å². The van der Waals surface area contributed by atoms with E-state index in [9.17, 15) is 0 Å². The van der Waals surface area contributed by atoms with Crippen molar-refractivity contribution in [2.75, 3.05) is 0 Å². The third-order valence-corrected chi connectivity index (χ3v) is 4.55. The maximum atomic E-state index is 6.42. The molecule has 0 bridgehead atoms. The van der Waals surface area contributed by atoms with Crippen molar-refractivity contribution in [1.29, 1.82) is 0 Å². The number of benzene rings is 1. The van der Waals surface area contributed by atoms with Gasteiger partial charge in [0.05, 0.1) is 28.7 Å². The van der Waals surface area contributed by atoms with Gasteiger partial charge in [-0.1, -0.05) is 22.8 Å². The van der Waals surface area contributed by atoms with Gasteiger partial charge in [-0.15, -0.1) is 0 Å². The number of halogens is 1. The highest BCUT2D eigenvalue weighted by molar-refractivity contribution is 6.32. The first-order valence-electron chi connectivity index (χ1n) is 8.14. The quantitative estimate of drug-likeness (QED) is 0.719. The molecule has 3 heterocycles. The van der Waals surface area contributed by atoms with E-state index in [-0.39, 0.29) is 6.10 Å². The van der Waals surface area contributed by atoms with E-state index in [1.807, 2.05) is 49.0 Å². The minimum Gasteiger partial charge on any atom is -0.390 e. The van der Waals surface area contributed by atoms with Crippen molar-refractivity contribution in [2.24, 2.45) is 5.16 Å². The van der Waals surface area contributed by atoms with E-state index in [2.05, 4.69) is 21.4 Å². The number of rotatable bonds is 4. The Morgan fingerprint density at radius 3 is 2.84 bits per heavy atom. The number of nitrogens with zero attached hydrogens (tertiary/aromatic N) is 5. The summed E-state index contributed by atoms with van der Waals surface area (Å²) in [5.74, 6) is 0. The molecule has 0 saturated heterocycles. The average molecular weight is 356 g/mol. The molecule has 1 atom stereocenters. The van der Waals surface area contributed by atoms with E-state index in [1.54, 1.807) is 10.9 Å². The third kappa shape index (κ3) is 3.17. The lowest BCUT2D eigenvalue weighted by atomic mass is 10.0. The largest absolute Gasteiger partial charge is 0.390 e. The van der Waals surface area contributed by atoms with Crippen molar-refractivity contribution in [1.82, 2.24) is 19.6 Å². The predicted octanol–water partition coefficient (Wildman–Crippen LogP) is 3.53. The van der Waals surface area contributed by atoms with Crippen LogP contribution in [0.3, 0.4) is 0 Å². The first kappa shape index (κ1) is 15.9. The van der Waals surface area contributed by atoms with Crippen molar-refractivity contribution in [2.45, 2.75) is 32.9 Å². The van der Waals surface area contributed by atoms with Crippen LogP contribution in [0.2, 0.25) is 5.02 Å². The van der Waals surface area contributed by atoms with Gasteiger partial charge in [-0.05, 0) is 38.1 Å². The Balaban J connectivity index is 1.48. The number of aromatic nitrogens is 4. The summed E-state index contributed by atoms with van der Waals surface area (Å²) in [6.45, 7) is 4.72. The second-order valence-electron chi connectivity index (χ2n) is 6.20. The molecule has 7 heteroatoms. The molecule has 1 aromatic carbocycles. The summed E-state index contributed by atoms with van der Waals surface area (Å²) in [5, 5.41) is 13.6. The Morgan fingerprint density at radius 1 is 1.28 bits per heavy atom. The monoisotopic (exact) mass is 355 g/mol. The van der Waals surface area contributed by atoms with E-state index < -0.39 is 0 Å². The van der Waals surface area contributed by atoms with E-state index in [0.717, 1.165) is 34.8 Å². The maximum absolute atomic E-state index is 6.42. The second kappa shape index (κ2) is 6.37. The first-order valence-corrected chi connectivity index (χ1v) is 8.51. The predicted molar refractivity (Wildman–Crippen MR) is 96.3 cm³/mol. The number of hydrogen-bond acceptors (Lipinski definition) is 4. The van der Waals surface area contributed by atoms with E-state index >= 15 is 0 Å². The minimum absolute atomic E-state index is 0.0161. The summed E-state index contributed by atoms with van der Waals surface area (Å²) >= 11 is 6.42. The van der Waals surface area contributed by atoms with Crippen LogP contribution in [-0.2, 0) is 11.4 Å². The molecule has 3 aromatic rings. The molecule has 2 aromatic heterocycles. The van der Waals surface area contributed by atoms with Crippen molar-refractivity contribution < 1.29 is 4.84 Å².